The van der Waals surface area contributed by atoms with Crippen LogP contribution in [0, 0.1) is 5.92 Å². The van der Waals surface area contributed by atoms with Crippen molar-refractivity contribution in [3.05, 3.63) is 12.7 Å². The van der Waals surface area contributed by atoms with Crippen LogP contribution in [0.3, 0.4) is 0 Å². The van der Waals surface area contributed by atoms with E-state index in [4.69, 9.17) is 0 Å². The number of allylic oxidation sites excluding steroid dienone is 1. The van der Waals surface area contributed by atoms with Crippen molar-refractivity contribution in [3.63, 3.8) is 0 Å². The Kier molecular flexibility index (Phi) is 10.7. The van der Waals surface area contributed by atoms with Gasteiger partial charge in [-0.2, -0.15) is 13.2 Å². The number of unbranched alkanes of at least 4 members (excludes halogenated alkanes) is 3. The lowest BCUT2D eigenvalue weighted by Gasteiger charge is -2.32. The van der Waals surface area contributed by atoms with Crippen LogP contribution in [0.25, 0.3) is 0 Å². The van der Waals surface area contributed by atoms with Gasteiger partial charge in [0.25, 0.3) is 0 Å². The summed E-state index contributed by atoms with van der Waals surface area (Å²) < 4.78 is 37.3. The third-order valence-electron chi connectivity index (χ3n) is 4.92. The fourth-order valence-electron chi connectivity index (χ4n) is 3.38. The van der Waals surface area contributed by atoms with Crippen molar-refractivity contribution in [2.45, 2.75) is 51.1 Å². The molecule has 0 amide bonds. The highest BCUT2D eigenvalue weighted by Gasteiger charge is 2.32. The van der Waals surface area contributed by atoms with Crippen molar-refractivity contribution in [2.75, 3.05) is 46.8 Å². The molecule has 1 N–H and O–H groups in total. The number of nitrogens with one attached hydrogen (secondary N) is 1. The quantitative estimate of drug-likeness (QED) is 0.271. The third-order valence-corrected chi connectivity index (χ3v) is 4.92. The van der Waals surface area contributed by atoms with Crippen LogP contribution in [-0.4, -0.2) is 68.8 Å². The van der Waals surface area contributed by atoms with E-state index in [0.717, 1.165) is 51.2 Å². The highest BCUT2D eigenvalue weighted by molar-refractivity contribution is 5.79. The monoisotopic (exact) mass is 376 g/mol. The Balaban J connectivity index is 2.18. The third kappa shape index (κ3) is 10.0. The molecular weight excluding hydrogens is 341 g/mol. The Bertz CT molecular complexity index is 415. The summed E-state index contributed by atoms with van der Waals surface area (Å²) in [5, 5.41) is 3.38. The molecular formula is C19H35F3N4. The summed E-state index contributed by atoms with van der Waals surface area (Å²) in [5.41, 5.74) is 0. The molecule has 1 aliphatic heterocycles. The highest BCUT2D eigenvalue weighted by atomic mass is 19.4. The lowest BCUT2D eigenvalue weighted by Crippen LogP contribution is -2.42. The van der Waals surface area contributed by atoms with Crippen molar-refractivity contribution >= 4 is 5.96 Å². The number of piperidine rings is 1. The summed E-state index contributed by atoms with van der Waals surface area (Å²) in [7, 11) is 3.82. The molecule has 0 aliphatic carbocycles. The van der Waals surface area contributed by atoms with Crippen LogP contribution >= 0.6 is 0 Å². The Morgan fingerprint density at radius 3 is 2.54 bits per heavy atom. The first-order valence-corrected chi connectivity index (χ1v) is 9.67. The van der Waals surface area contributed by atoms with E-state index >= 15 is 0 Å². The lowest BCUT2D eigenvalue weighted by atomic mass is 9.93. The van der Waals surface area contributed by atoms with E-state index < -0.39 is 12.7 Å². The average molecular weight is 377 g/mol. The van der Waals surface area contributed by atoms with Crippen molar-refractivity contribution in [3.8, 4) is 0 Å². The predicted octanol–water partition coefficient (Wildman–Crippen LogP) is 3.90. The van der Waals surface area contributed by atoms with E-state index in [0.29, 0.717) is 19.0 Å². The Morgan fingerprint density at radius 2 is 1.96 bits per heavy atom. The zero-order chi connectivity index (χ0) is 19.4. The van der Waals surface area contributed by atoms with E-state index in [-0.39, 0.29) is 0 Å². The number of nitrogens with zero attached hydrogens (tertiary/aromatic N) is 3. The summed E-state index contributed by atoms with van der Waals surface area (Å²) in [5.74, 6) is 1.39. The Labute approximate surface area is 156 Å². The second-order valence-electron chi connectivity index (χ2n) is 7.16. The molecule has 1 fully saturated rings. The van der Waals surface area contributed by atoms with E-state index in [2.05, 4.69) is 21.8 Å². The maximum atomic E-state index is 12.4. The molecule has 0 atom stereocenters. The maximum Gasteiger partial charge on any atom is 0.401 e. The second kappa shape index (κ2) is 12.2. The number of rotatable bonds is 10. The molecule has 26 heavy (non-hydrogen) atoms. The van der Waals surface area contributed by atoms with E-state index in [1.165, 1.54) is 17.7 Å². The first kappa shape index (κ1) is 22.8. The molecule has 0 radical (unpaired) electrons. The summed E-state index contributed by atoms with van der Waals surface area (Å²) in [6.45, 7) is 5.83. The number of halogens is 3. The van der Waals surface area contributed by atoms with Crippen LogP contribution in [0.4, 0.5) is 13.2 Å². The summed E-state index contributed by atoms with van der Waals surface area (Å²) in [6, 6.07) is 0. The minimum atomic E-state index is -4.09. The number of hydrogen-bond donors (Lipinski definition) is 1. The zero-order valence-electron chi connectivity index (χ0n) is 16.3. The molecule has 0 unspecified atom stereocenters. The van der Waals surface area contributed by atoms with Crippen molar-refractivity contribution in [1.82, 2.24) is 15.1 Å². The van der Waals surface area contributed by atoms with Gasteiger partial charge in [0.1, 0.15) is 0 Å². The first-order chi connectivity index (χ1) is 12.4. The number of alkyl halides is 3. The largest absolute Gasteiger partial charge is 0.401 e. The van der Waals surface area contributed by atoms with E-state index in [1.54, 1.807) is 7.05 Å². The van der Waals surface area contributed by atoms with Crippen LogP contribution in [0.2, 0.25) is 0 Å². The standard InChI is InChI=1S/C19H35F3N4/c1-4-5-6-7-8-13-25(3)18(23-2)24-12-9-17-10-14-26(15-11-17)16-19(20,21)22/h4,17H,1,5-16H2,2-3H3,(H,23,24). The molecule has 4 nitrogen and oxygen atoms in total. The van der Waals surface area contributed by atoms with E-state index in [9.17, 15) is 13.2 Å². The summed E-state index contributed by atoms with van der Waals surface area (Å²) in [4.78, 5) is 7.98. The van der Waals surface area contributed by atoms with Gasteiger partial charge in [-0.3, -0.25) is 9.89 Å². The number of guanidine groups is 1. The SMILES string of the molecule is C=CCCCCCN(C)C(=NC)NCCC1CCN(CC(F)(F)F)CC1. The van der Waals surface area contributed by atoms with Crippen LogP contribution < -0.4 is 5.32 Å². The van der Waals surface area contributed by atoms with Crippen molar-refractivity contribution < 1.29 is 13.2 Å². The molecule has 1 heterocycles. The molecule has 0 aromatic carbocycles. The van der Waals surface area contributed by atoms with Gasteiger partial charge in [0.15, 0.2) is 5.96 Å². The molecule has 7 heteroatoms. The van der Waals surface area contributed by atoms with Gasteiger partial charge in [0.2, 0.25) is 0 Å². The minimum Gasteiger partial charge on any atom is -0.356 e. The second-order valence-corrected chi connectivity index (χ2v) is 7.16. The van der Waals surface area contributed by atoms with E-state index in [1.807, 2.05) is 13.1 Å². The van der Waals surface area contributed by atoms with Crippen LogP contribution in [-0.2, 0) is 0 Å². The van der Waals surface area contributed by atoms with Gasteiger partial charge in [0.05, 0.1) is 6.54 Å². The van der Waals surface area contributed by atoms with Crippen LogP contribution in [0.15, 0.2) is 17.6 Å². The topological polar surface area (TPSA) is 30.9 Å². The fraction of sp³-hybridized carbons (Fsp3) is 0.842. The van der Waals surface area contributed by atoms with Gasteiger partial charge >= 0.3 is 6.18 Å². The molecule has 1 rings (SSSR count). The van der Waals surface area contributed by atoms with Gasteiger partial charge in [-0.25, -0.2) is 0 Å². The fourth-order valence-corrected chi connectivity index (χ4v) is 3.38. The summed E-state index contributed by atoms with van der Waals surface area (Å²) >= 11 is 0. The van der Waals surface area contributed by atoms with Crippen molar-refractivity contribution in [2.24, 2.45) is 10.9 Å². The average Bonchev–Trinajstić information content (AvgIpc) is 2.58. The minimum absolute atomic E-state index is 0.495. The molecule has 1 aliphatic rings. The molecule has 0 aromatic heterocycles. The first-order valence-electron chi connectivity index (χ1n) is 9.67. The van der Waals surface area contributed by atoms with Crippen LogP contribution in [0.1, 0.15) is 44.9 Å². The molecule has 1 saturated heterocycles. The highest BCUT2D eigenvalue weighted by Crippen LogP contribution is 2.23. The zero-order valence-corrected chi connectivity index (χ0v) is 16.3. The number of aliphatic imine (C=N–C) groups is 1. The van der Waals surface area contributed by atoms with Gasteiger partial charge < -0.3 is 10.2 Å². The summed E-state index contributed by atoms with van der Waals surface area (Å²) in [6.07, 6.45) is 5.09. The lowest BCUT2D eigenvalue weighted by molar-refractivity contribution is -0.148. The maximum absolute atomic E-state index is 12.4. The van der Waals surface area contributed by atoms with Gasteiger partial charge in [-0.1, -0.05) is 12.5 Å². The number of hydrogen-bond acceptors (Lipinski definition) is 2. The normalized spacial score (nSPS) is 17.3. The molecule has 0 spiro atoms. The van der Waals surface area contributed by atoms with Crippen molar-refractivity contribution in [1.29, 1.82) is 0 Å². The Hall–Kier alpha value is -1.24. The van der Waals surface area contributed by atoms with Crippen LogP contribution in [0.5, 0.6) is 0 Å². The molecule has 0 bridgehead atoms. The molecule has 0 aromatic rings. The van der Waals surface area contributed by atoms with Gasteiger partial charge in [-0.15, -0.1) is 6.58 Å². The smallest absolute Gasteiger partial charge is 0.356 e. The van der Waals surface area contributed by atoms with Gasteiger partial charge in [-0.05, 0) is 57.5 Å². The molecule has 0 saturated carbocycles. The number of likely N-dealkylation sites (tertiary alicyclic amines) is 1. The predicted molar refractivity (Wildman–Crippen MR) is 102 cm³/mol. The Morgan fingerprint density at radius 1 is 1.27 bits per heavy atom. The molecule has 152 valence electrons. The van der Waals surface area contributed by atoms with Gasteiger partial charge in [0, 0.05) is 27.2 Å².